The maximum absolute atomic E-state index is 4.97. The van der Waals surface area contributed by atoms with Crippen LogP contribution >= 0.6 is 11.3 Å². The second-order valence-electron chi connectivity index (χ2n) is 7.52. The Balaban J connectivity index is 1.54. The first kappa shape index (κ1) is 17.3. The van der Waals surface area contributed by atoms with Crippen molar-refractivity contribution in [2.24, 2.45) is 0 Å². The van der Waals surface area contributed by atoms with E-state index in [1.807, 2.05) is 23.5 Å². The van der Waals surface area contributed by atoms with Crippen LogP contribution in [0.15, 0.2) is 18.5 Å². The van der Waals surface area contributed by atoms with Gasteiger partial charge in [0.25, 0.3) is 0 Å². The molecule has 2 atom stereocenters. The van der Waals surface area contributed by atoms with Crippen molar-refractivity contribution in [3.8, 4) is 0 Å². The fraction of sp³-hybridized carbons (Fsp3) is 0.333. The molecular formula is C21H22N6S. The van der Waals surface area contributed by atoms with Crippen LogP contribution in [0.25, 0.3) is 12.8 Å². The number of pyridine rings is 1. The molecule has 0 radical (unpaired) electrons. The topological polar surface area (TPSA) is 66.8 Å². The lowest BCUT2D eigenvalue weighted by Crippen LogP contribution is -2.35. The largest absolute Gasteiger partial charge is 0.299 e. The number of aryl methyl sites for hydroxylation is 3. The van der Waals surface area contributed by atoms with Gasteiger partial charge in [-0.05, 0) is 45.2 Å². The fourth-order valence-electron chi connectivity index (χ4n) is 3.83. The lowest BCUT2D eigenvalue weighted by molar-refractivity contribution is 0.330. The minimum absolute atomic E-state index is 0.299. The molecule has 0 aromatic carbocycles. The summed E-state index contributed by atoms with van der Waals surface area (Å²) in [5.74, 6) is 2.42. The molecule has 1 N–H and O–H groups in total. The van der Waals surface area contributed by atoms with E-state index in [1.165, 1.54) is 9.88 Å². The number of aromatic nitrogens is 4. The van der Waals surface area contributed by atoms with Crippen molar-refractivity contribution in [1.82, 2.24) is 25.4 Å². The number of thiazole rings is 1. The van der Waals surface area contributed by atoms with Crippen LogP contribution in [-0.2, 0) is 0 Å². The molecule has 0 amide bonds. The second-order valence-corrected chi connectivity index (χ2v) is 8.76. The molecular weight excluding hydrogens is 368 g/mol. The zero-order chi connectivity index (χ0) is 19.4. The molecule has 0 unspecified atom stereocenters. The molecule has 3 aromatic heterocycles. The Bertz CT molecular complexity index is 1160. The van der Waals surface area contributed by atoms with Crippen LogP contribution in [0, 0.1) is 20.8 Å². The average Bonchev–Trinajstić information content (AvgIpc) is 3.18. The number of hydrogen-bond donors (Lipinski definition) is 1. The molecule has 7 heteroatoms. The number of hydrogen-bond acceptors (Lipinski definition) is 7. The molecule has 3 aromatic rings. The Labute approximate surface area is 167 Å². The first-order chi connectivity index (χ1) is 13.5. The van der Waals surface area contributed by atoms with E-state index in [2.05, 4.69) is 37.8 Å². The SMILES string of the molecule is C=c1nc([C@@H]2CC[C@H]2c2nc(C)c(C)s2)nc2c1=CNN2c1cnccc1C. The third-order valence-electron chi connectivity index (χ3n) is 5.79. The smallest absolute Gasteiger partial charge is 0.165 e. The molecule has 1 fully saturated rings. The van der Waals surface area contributed by atoms with Gasteiger partial charge < -0.3 is 0 Å². The van der Waals surface area contributed by atoms with Gasteiger partial charge in [-0.25, -0.2) is 20.0 Å². The van der Waals surface area contributed by atoms with E-state index in [9.17, 15) is 0 Å². The quantitative estimate of drug-likeness (QED) is 0.742. The summed E-state index contributed by atoms with van der Waals surface area (Å²) < 4.78 is 0. The third kappa shape index (κ3) is 2.61. The number of fused-ring (bicyclic) bond motifs is 1. The molecule has 1 aliphatic carbocycles. The van der Waals surface area contributed by atoms with Gasteiger partial charge in [-0.3, -0.25) is 10.4 Å². The summed E-state index contributed by atoms with van der Waals surface area (Å²) in [6.07, 6.45) is 7.79. The van der Waals surface area contributed by atoms with Crippen LogP contribution in [0.5, 0.6) is 0 Å². The van der Waals surface area contributed by atoms with Gasteiger partial charge in [0.2, 0.25) is 0 Å². The molecule has 1 saturated carbocycles. The molecule has 2 aliphatic rings. The standard InChI is InChI=1S/C21H22N6S/c1-11-7-8-22-10-18(11)27-20-17(9-23-27)13(3)24-19(26-20)15-5-6-16(15)21-25-12(2)14(4)28-21/h7-10,15-16,23H,3,5-6H2,1-2,4H3/t15-,16-/m1/s1. The van der Waals surface area contributed by atoms with Crippen molar-refractivity contribution in [3.63, 3.8) is 0 Å². The Kier molecular flexibility index (Phi) is 3.94. The van der Waals surface area contributed by atoms with Crippen molar-refractivity contribution in [2.75, 3.05) is 5.01 Å². The summed E-state index contributed by atoms with van der Waals surface area (Å²) in [5, 5.41) is 4.88. The van der Waals surface area contributed by atoms with Crippen molar-refractivity contribution in [2.45, 2.75) is 45.4 Å². The van der Waals surface area contributed by atoms with Crippen molar-refractivity contribution >= 4 is 35.6 Å². The normalized spacial score (nSPS) is 20.3. The summed E-state index contributed by atoms with van der Waals surface area (Å²) in [7, 11) is 0. The summed E-state index contributed by atoms with van der Waals surface area (Å²) >= 11 is 1.81. The Hall–Kier alpha value is -2.80. The maximum atomic E-state index is 4.97. The highest BCUT2D eigenvalue weighted by Crippen LogP contribution is 2.49. The highest BCUT2D eigenvalue weighted by Gasteiger charge is 2.38. The number of nitrogens with zero attached hydrogens (tertiary/aromatic N) is 5. The van der Waals surface area contributed by atoms with Crippen LogP contribution in [0.4, 0.5) is 11.5 Å². The van der Waals surface area contributed by atoms with Gasteiger partial charge in [0, 0.05) is 29.1 Å². The molecule has 1 aliphatic heterocycles. The lowest BCUT2D eigenvalue weighted by Gasteiger charge is -2.34. The Morgan fingerprint density at radius 3 is 2.64 bits per heavy atom. The van der Waals surface area contributed by atoms with Crippen molar-refractivity contribution in [3.05, 3.63) is 56.0 Å². The number of hydrazine groups is 1. The van der Waals surface area contributed by atoms with Crippen LogP contribution in [0.2, 0.25) is 0 Å². The maximum Gasteiger partial charge on any atom is 0.165 e. The highest BCUT2D eigenvalue weighted by atomic mass is 32.1. The van der Waals surface area contributed by atoms with Gasteiger partial charge in [-0.15, -0.1) is 11.3 Å². The van der Waals surface area contributed by atoms with Gasteiger partial charge in [-0.1, -0.05) is 6.58 Å². The number of rotatable bonds is 3. The van der Waals surface area contributed by atoms with Gasteiger partial charge in [0.15, 0.2) is 5.82 Å². The van der Waals surface area contributed by atoms with E-state index in [0.29, 0.717) is 11.8 Å². The van der Waals surface area contributed by atoms with Gasteiger partial charge in [0.1, 0.15) is 5.82 Å². The molecule has 142 valence electrons. The van der Waals surface area contributed by atoms with Crippen LogP contribution < -0.4 is 21.0 Å². The van der Waals surface area contributed by atoms with Crippen molar-refractivity contribution in [1.29, 1.82) is 0 Å². The lowest BCUT2D eigenvalue weighted by atomic mass is 9.73. The summed E-state index contributed by atoms with van der Waals surface area (Å²) in [4.78, 5) is 20.1. The van der Waals surface area contributed by atoms with E-state index in [4.69, 9.17) is 15.0 Å². The first-order valence-corrected chi connectivity index (χ1v) is 10.3. The minimum atomic E-state index is 0.299. The average molecular weight is 391 g/mol. The number of nitrogens with one attached hydrogen (secondary N) is 1. The van der Waals surface area contributed by atoms with E-state index in [-0.39, 0.29) is 0 Å². The second kappa shape index (κ2) is 6.38. The fourth-order valence-corrected chi connectivity index (χ4v) is 4.95. The molecule has 0 spiro atoms. The molecule has 4 heterocycles. The Morgan fingerprint density at radius 2 is 1.96 bits per heavy atom. The summed E-state index contributed by atoms with van der Waals surface area (Å²) in [6, 6.07) is 2.00. The van der Waals surface area contributed by atoms with Crippen LogP contribution in [-0.4, -0.2) is 19.9 Å². The van der Waals surface area contributed by atoms with E-state index >= 15 is 0 Å². The van der Waals surface area contributed by atoms with Crippen molar-refractivity contribution < 1.29 is 0 Å². The Morgan fingerprint density at radius 1 is 1.14 bits per heavy atom. The highest BCUT2D eigenvalue weighted by molar-refractivity contribution is 7.11. The molecule has 28 heavy (non-hydrogen) atoms. The molecule has 6 nitrogen and oxygen atoms in total. The monoisotopic (exact) mass is 390 g/mol. The zero-order valence-corrected chi connectivity index (χ0v) is 17.0. The molecule has 0 saturated heterocycles. The van der Waals surface area contributed by atoms with E-state index in [1.54, 1.807) is 17.5 Å². The summed E-state index contributed by atoms with van der Waals surface area (Å²) in [5.41, 5.74) is 6.54. The van der Waals surface area contributed by atoms with E-state index < -0.39 is 0 Å². The molecule has 0 bridgehead atoms. The van der Waals surface area contributed by atoms with Crippen LogP contribution in [0.3, 0.4) is 0 Å². The molecule has 5 rings (SSSR count). The van der Waals surface area contributed by atoms with Gasteiger partial charge in [0.05, 0.1) is 33.2 Å². The third-order valence-corrected chi connectivity index (χ3v) is 7.00. The van der Waals surface area contributed by atoms with Crippen LogP contribution in [0.1, 0.15) is 51.6 Å². The van der Waals surface area contributed by atoms with Gasteiger partial charge >= 0.3 is 0 Å². The number of anilines is 2. The zero-order valence-electron chi connectivity index (χ0n) is 16.2. The first-order valence-electron chi connectivity index (χ1n) is 9.51. The predicted octanol–water partition coefficient (Wildman–Crippen LogP) is 2.72. The van der Waals surface area contributed by atoms with E-state index in [0.717, 1.165) is 52.0 Å². The minimum Gasteiger partial charge on any atom is -0.299 e. The van der Waals surface area contributed by atoms with Gasteiger partial charge in [-0.2, -0.15) is 0 Å². The predicted molar refractivity (Wildman–Crippen MR) is 112 cm³/mol. The summed E-state index contributed by atoms with van der Waals surface area (Å²) in [6.45, 7) is 10.5.